The molecule has 3 nitrogen and oxygen atoms in total. The third-order valence-electron chi connectivity index (χ3n) is 4.06. The van der Waals surface area contributed by atoms with Crippen LogP contribution in [0.4, 0.5) is 0 Å². The summed E-state index contributed by atoms with van der Waals surface area (Å²) < 4.78 is 0. The smallest absolute Gasteiger partial charge is 0.224 e. The summed E-state index contributed by atoms with van der Waals surface area (Å²) in [5.41, 5.74) is 2.81. The van der Waals surface area contributed by atoms with Gasteiger partial charge in [0.1, 0.15) is 6.29 Å². The van der Waals surface area contributed by atoms with E-state index in [1.54, 1.807) is 0 Å². The maximum Gasteiger partial charge on any atom is 0.224 e. The molecule has 0 atom stereocenters. The minimum Gasteiger partial charge on any atom is -0.355 e. The Morgan fingerprint density at radius 2 is 1.79 bits per heavy atom. The highest BCUT2D eigenvalue weighted by atomic mass is 16.1. The van der Waals surface area contributed by atoms with Gasteiger partial charge in [-0.25, -0.2) is 0 Å². The molecular weight excluding hydrogens is 298 g/mol. The van der Waals surface area contributed by atoms with Crippen LogP contribution in [0, 0.1) is 0 Å². The van der Waals surface area contributed by atoms with Crippen molar-refractivity contribution in [2.45, 2.75) is 12.8 Å². The molecule has 3 rings (SSSR count). The minimum atomic E-state index is 0.0232. The Morgan fingerprint density at radius 3 is 2.58 bits per heavy atom. The zero-order chi connectivity index (χ0) is 16.8. The average molecular weight is 317 g/mol. The fourth-order valence-electron chi connectivity index (χ4n) is 2.83. The number of aldehydes is 1. The van der Waals surface area contributed by atoms with Crippen LogP contribution in [-0.4, -0.2) is 18.7 Å². The molecule has 0 aromatic heterocycles. The number of fused-ring (bicyclic) bond motifs is 1. The zero-order valence-corrected chi connectivity index (χ0v) is 13.4. The standard InChI is InChI=1S/C21H19NO2/c23-15-17-9-10-18-7-4-8-19(20(18)13-17)11-12-22-21(24)14-16-5-2-1-3-6-16/h1-10,13,15H,11-12,14H2,(H,22,24). The number of carbonyl (C=O) groups excluding carboxylic acids is 2. The topological polar surface area (TPSA) is 46.2 Å². The van der Waals surface area contributed by atoms with Crippen molar-refractivity contribution >= 4 is 23.0 Å². The zero-order valence-electron chi connectivity index (χ0n) is 13.4. The van der Waals surface area contributed by atoms with Crippen molar-refractivity contribution in [3.8, 4) is 0 Å². The van der Waals surface area contributed by atoms with Crippen LogP contribution in [-0.2, 0) is 17.6 Å². The second-order valence-corrected chi connectivity index (χ2v) is 5.78. The van der Waals surface area contributed by atoms with E-state index in [0.717, 1.165) is 34.6 Å². The lowest BCUT2D eigenvalue weighted by Gasteiger charge is -2.09. The van der Waals surface area contributed by atoms with Crippen LogP contribution in [0.3, 0.4) is 0 Å². The lowest BCUT2D eigenvalue weighted by Crippen LogP contribution is -2.27. The summed E-state index contributed by atoms with van der Waals surface area (Å²) in [6, 6.07) is 21.5. The third-order valence-corrected chi connectivity index (χ3v) is 4.06. The van der Waals surface area contributed by atoms with Crippen molar-refractivity contribution < 1.29 is 9.59 Å². The van der Waals surface area contributed by atoms with Gasteiger partial charge in [0, 0.05) is 12.1 Å². The molecule has 0 radical (unpaired) electrons. The number of hydrogen-bond donors (Lipinski definition) is 1. The van der Waals surface area contributed by atoms with Crippen LogP contribution in [0.15, 0.2) is 66.7 Å². The first-order valence-corrected chi connectivity index (χ1v) is 8.04. The van der Waals surface area contributed by atoms with Gasteiger partial charge >= 0.3 is 0 Å². The Labute approximate surface area is 141 Å². The van der Waals surface area contributed by atoms with Crippen LogP contribution in [0.2, 0.25) is 0 Å². The Kier molecular flexibility index (Phi) is 5.02. The van der Waals surface area contributed by atoms with Crippen LogP contribution >= 0.6 is 0 Å². The monoisotopic (exact) mass is 317 g/mol. The van der Waals surface area contributed by atoms with E-state index in [9.17, 15) is 9.59 Å². The molecule has 3 aromatic carbocycles. The Balaban J connectivity index is 1.63. The van der Waals surface area contributed by atoms with Gasteiger partial charge in [-0.2, -0.15) is 0 Å². The van der Waals surface area contributed by atoms with Gasteiger partial charge in [0.25, 0.3) is 0 Å². The van der Waals surface area contributed by atoms with E-state index < -0.39 is 0 Å². The number of benzene rings is 3. The van der Waals surface area contributed by atoms with E-state index in [-0.39, 0.29) is 5.91 Å². The SMILES string of the molecule is O=Cc1ccc2cccc(CCNC(=O)Cc3ccccc3)c2c1. The van der Waals surface area contributed by atoms with Crippen LogP contribution in [0.5, 0.6) is 0 Å². The van der Waals surface area contributed by atoms with Gasteiger partial charge in [0.05, 0.1) is 6.42 Å². The molecule has 0 saturated carbocycles. The first-order valence-electron chi connectivity index (χ1n) is 8.04. The summed E-state index contributed by atoms with van der Waals surface area (Å²) in [5.74, 6) is 0.0232. The van der Waals surface area contributed by atoms with E-state index in [1.165, 1.54) is 0 Å². The number of hydrogen-bond acceptors (Lipinski definition) is 2. The summed E-state index contributed by atoms with van der Waals surface area (Å²) in [7, 11) is 0. The van der Waals surface area contributed by atoms with Crippen molar-refractivity contribution in [3.63, 3.8) is 0 Å². The van der Waals surface area contributed by atoms with E-state index in [2.05, 4.69) is 5.32 Å². The molecule has 0 bridgehead atoms. The quantitative estimate of drug-likeness (QED) is 0.707. The first kappa shape index (κ1) is 15.9. The Morgan fingerprint density at radius 1 is 0.958 bits per heavy atom. The van der Waals surface area contributed by atoms with Crippen molar-refractivity contribution in [1.29, 1.82) is 0 Å². The van der Waals surface area contributed by atoms with E-state index in [0.29, 0.717) is 18.5 Å². The molecule has 0 aliphatic rings. The predicted octanol–water partition coefficient (Wildman–Crippen LogP) is 3.55. The van der Waals surface area contributed by atoms with Gasteiger partial charge in [-0.05, 0) is 34.4 Å². The van der Waals surface area contributed by atoms with Crippen molar-refractivity contribution in [2.24, 2.45) is 0 Å². The maximum absolute atomic E-state index is 12.0. The number of nitrogens with one attached hydrogen (secondary N) is 1. The predicted molar refractivity (Wildman–Crippen MR) is 96.2 cm³/mol. The van der Waals surface area contributed by atoms with Gasteiger partial charge in [-0.1, -0.05) is 60.7 Å². The number of amides is 1. The molecule has 0 aliphatic carbocycles. The van der Waals surface area contributed by atoms with Crippen molar-refractivity contribution in [3.05, 3.63) is 83.4 Å². The molecule has 3 aromatic rings. The van der Waals surface area contributed by atoms with Gasteiger partial charge < -0.3 is 5.32 Å². The highest BCUT2D eigenvalue weighted by Crippen LogP contribution is 2.20. The molecule has 0 fully saturated rings. The highest BCUT2D eigenvalue weighted by molar-refractivity contribution is 5.91. The number of carbonyl (C=O) groups is 2. The Hall–Kier alpha value is -2.94. The summed E-state index contributed by atoms with van der Waals surface area (Å²) in [4.78, 5) is 23.0. The lowest BCUT2D eigenvalue weighted by atomic mass is 10.00. The van der Waals surface area contributed by atoms with Gasteiger partial charge in [0.2, 0.25) is 5.91 Å². The molecule has 24 heavy (non-hydrogen) atoms. The average Bonchev–Trinajstić information content (AvgIpc) is 2.62. The van der Waals surface area contributed by atoms with Crippen LogP contribution in [0.1, 0.15) is 21.5 Å². The summed E-state index contributed by atoms with van der Waals surface area (Å²) >= 11 is 0. The Bertz CT molecular complexity index is 856. The second kappa shape index (κ2) is 7.55. The van der Waals surface area contributed by atoms with Gasteiger partial charge in [-0.15, -0.1) is 0 Å². The minimum absolute atomic E-state index is 0.0232. The van der Waals surface area contributed by atoms with Crippen molar-refractivity contribution in [2.75, 3.05) is 6.54 Å². The lowest BCUT2D eigenvalue weighted by molar-refractivity contribution is -0.120. The van der Waals surface area contributed by atoms with Gasteiger partial charge in [0.15, 0.2) is 0 Å². The molecule has 0 spiro atoms. The molecule has 0 heterocycles. The molecule has 120 valence electrons. The largest absolute Gasteiger partial charge is 0.355 e. The molecule has 1 N–H and O–H groups in total. The van der Waals surface area contributed by atoms with E-state index in [1.807, 2.05) is 66.7 Å². The third kappa shape index (κ3) is 3.87. The molecule has 0 aliphatic heterocycles. The molecule has 3 heteroatoms. The fraction of sp³-hybridized carbons (Fsp3) is 0.143. The molecule has 0 unspecified atom stereocenters. The van der Waals surface area contributed by atoms with Crippen LogP contribution in [0.25, 0.3) is 10.8 Å². The summed E-state index contributed by atoms with van der Waals surface area (Å²) in [6.45, 7) is 0.579. The molecule has 0 saturated heterocycles. The summed E-state index contributed by atoms with van der Waals surface area (Å²) in [5, 5.41) is 5.14. The second-order valence-electron chi connectivity index (χ2n) is 5.78. The van der Waals surface area contributed by atoms with Crippen molar-refractivity contribution in [1.82, 2.24) is 5.32 Å². The fourth-order valence-corrected chi connectivity index (χ4v) is 2.83. The van der Waals surface area contributed by atoms with Gasteiger partial charge in [-0.3, -0.25) is 9.59 Å². The maximum atomic E-state index is 12.0. The van der Waals surface area contributed by atoms with Crippen LogP contribution < -0.4 is 5.32 Å². The van der Waals surface area contributed by atoms with E-state index in [4.69, 9.17) is 0 Å². The molecule has 1 amide bonds. The normalized spacial score (nSPS) is 10.5. The van der Waals surface area contributed by atoms with E-state index >= 15 is 0 Å². The molecular formula is C21H19NO2. The summed E-state index contributed by atoms with van der Waals surface area (Å²) in [6.07, 6.45) is 1.99. The first-order chi connectivity index (χ1) is 11.8. The number of rotatable bonds is 6. The highest BCUT2D eigenvalue weighted by Gasteiger charge is 2.05.